The van der Waals surface area contributed by atoms with Gasteiger partial charge in [-0.2, -0.15) is 0 Å². The van der Waals surface area contributed by atoms with Crippen molar-refractivity contribution >= 4 is 0 Å². The molecule has 2 atom stereocenters. The fourth-order valence-electron chi connectivity index (χ4n) is 3.29. The van der Waals surface area contributed by atoms with Crippen molar-refractivity contribution in [1.82, 2.24) is 5.32 Å². The molecule has 1 N–H and O–H groups in total. The minimum atomic E-state index is 0.284. The van der Waals surface area contributed by atoms with Gasteiger partial charge in [-0.15, -0.1) is 0 Å². The first-order valence-electron chi connectivity index (χ1n) is 7.66. The molecule has 0 saturated heterocycles. The first-order valence-corrected chi connectivity index (χ1v) is 7.66. The number of hydrogen-bond donors (Lipinski definition) is 1. The molecule has 1 heterocycles. The van der Waals surface area contributed by atoms with Gasteiger partial charge in [0.25, 0.3) is 0 Å². The molecule has 104 valence electrons. The SMILES string of the molecule is CCNC(CC1OCCc2ccccc21)C1(C)CC1. The van der Waals surface area contributed by atoms with E-state index in [0.29, 0.717) is 11.5 Å². The third-order valence-corrected chi connectivity index (χ3v) is 4.87. The van der Waals surface area contributed by atoms with E-state index in [1.807, 2.05) is 0 Å². The molecule has 0 bridgehead atoms. The second kappa shape index (κ2) is 5.26. The summed E-state index contributed by atoms with van der Waals surface area (Å²) in [5.41, 5.74) is 3.40. The standard InChI is InChI=1S/C17H25NO/c1-3-18-16(17(2)9-10-17)12-15-14-7-5-4-6-13(14)8-11-19-15/h4-7,15-16,18H,3,8-12H2,1-2H3. The van der Waals surface area contributed by atoms with Crippen LogP contribution in [0.15, 0.2) is 24.3 Å². The second-order valence-corrected chi connectivity index (χ2v) is 6.31. The zero-order valence-electron chi connectivity index (χ0n) is 12.1. The maximum absolute atomic E-state index is 6.06. The Balaban J connectivity index is 1.76. The number of nitrogens with one attached hydrogen (secondary N) is 1. The Labute approximate surface area is 116 Å². The summed E-state index contributed by atoms with van der Waals surface area (Å²) < 4.78 is 6.06. The highest BCUT2D eigenvalue weighted by Crippen LogP contribution is 2.50. The lowest BCUT2D eigenvalue weighted by atomic mass is 9.88. The predicted molar refractivity (Wildman–Crippen MR) is 78.3 cm³/mol. The van der Waals surface area contributed by atoms with Crippen LogP contribution in [0.3, 0.4) is 0 Å². The lowest BCUT2D eigenvalue weighted by Gasteiger charge is -2.32. The number of fused-ring (bicyclic) bond motifs is 1. The Morgan fingerprint density at radius 2 is 2.16 bits per heavy atom. The van der Waals surface area contributed by atoms with Crippen LogP contribution in [0.25, 0.3) is 0 Å². The Morgan fingerprint density at radius 1 is 1.37 bits per heavy atom. The summed E-state index contributed by atoms with van der Waals surface area (Å²) >= 11 is 0. The molecule has 2 heteroatoms. The van der Waals surface area contributed by atoms with Crippen molar-refractivity contribution in [2.24, 2.45) is 5.41 Å². The third-order valence-electron chi connectivity index (χ3n) is 4.87. The van der Waals surface area contributed by atoms with E-state index in [4.69, 9.17) is 4.74 Å². The van der Waals surface area contributed by atoms with Crippen molar-refractivity contribution in [3.8, 4) is 0 Å². The van der Waals surface area contributed by atoms with Crippen molar-refractivity contribution in [2.75, 3.05) is 13.2 Å². The first-order chi connectivity index (χ1) is 9.23. The van der Waals surface area contributed by atoms with Crippen LogP contribution in [0, 0.1) is 5.41 Å². The molecule has 1 fully saturated rings. The van der Waals surface area contributed by atoms with Crippen LogP contribution in [0.1, 0.15) is 50.3 Å². The van der Waals surface area contributed by atoms with Gasteiger partial charge in [0, 0.05) is 6.04 Å². The van der Waals surface area contributed by atoms with Gasteiger partial charge in [0.2, 0.25) is 0 Å². The molecule has 1 saturated carbocycles. The summed E-state index contributed by atoms with van der Waals surface area (Å²) in [7, 11) is 0. The van der Waals surface area contributed by atoms with Gasteiger partial charge in [-0.1, -0.05) is 38.1 Å². The Bertz CT molecular complexity index is 439. The monoisotopic (exact) mass is 259 g/mol. The van der Waals surface area contributed by atoms with E-state index in [1.165, 1.54) is 24.0 Å². The van der Waals surface area contributed by atoms with Crippen LogP contribution in [0.4, 0.5) is 0 Å². The Morgan fingerprint density at radius 3 is 2.89 bits per heavy atom. The van der Waals surface area contributed by atoms with E-state index >= 15 is 0 Å². The van der Waals surface area contributed by atoms with Gasteiger partial charge in [0.05, 0.1) is 12.7 Å². The predicted octanol–water partition coefficient (Wildman–Crippen LogP) is 3.47. The lowest BCUT2D eigenvalue weighted by Crippen LogP contribution is -2.38. The van der Waals surface area contributed by atoms with Crippen LogP contribution in [0.2, 0.25) is 0 Å². The fraction of sp³-hybridized carbons (Fsp3) is 0.647. The molecular formula is C17H25NO. The minimum Gasteiger partial charge on any atom is -0.373 e. The van der Waals surface area contributed by atoms with Crippen molar-refractivity contribution in [2.45, 2.75) is 51.7 Å². The molecule has 0 amide bonds. The molecule has 0 aromatic heterocycles. The average Bonchev–Trinajstić information content (AvgIpc) is 3.18. The fourth-order valence-corrected chi connectivity index (χ4v) is 3.29. The average molecular weight is 259 g/mol. The summed E-state index contributed by atoms with van der Waals surface area (Å²) in [6, 6.07) is 9.38. The largest absolute Gasteiger partial charge is 0.373 e. The zero-order chi connectivity index (χ0) is 13.3. The smallest absolute Gasteiger partial charge is 0.0842 e. The molecular weight excluding hydrogens is 234 g/mol. The van der Waals surface area contributed by atoms with Crippen LogP contribution in [0.5, 0.6) is 0 Å². The minimum absolute atomic E-state index is 0.284. The van der Waals surface area contributed by atoms with E-state index in [1.54, 1.807) is 0 Å². The van der Waals surface area contributed by atoms with Crippen LogP contribution >= 0.6 is 0 Å². The lowest BCUT2D eigenvalue weighted by molar-refractivity contribution is 0.0238. The number of hydrogen-bond acceptors (Lipinski definition) is 2. The van der Waals surface area contributed by atoms with Crippen molar-refractivity contribution in [1.29, 1.82) is 0 Å². The third kappa shape index (κ3) is 2.70. The highest BCUT2D eigenvalue weighted by atomic mass is 16.5. The van der Waals surface area contributed by atoms with Gasteiger partial charge in [-0.05, 0) is 48.8 Å². The number of benzene rings is 1. The Kier molecular flexibility index (Phi) is 3.64. The Hall–Kier alpha value is -0.860. The van der Waals surface area contributed by atoms with Crippen molar-refractivity contribution in [3.63, 3.8) is 0 Å². The van der Waals surface area contributed by atoms with Gasteiger partial charge in [-0.3, -0.25) is 0 Å². The zero-order valence-corrected chi connectivity index (χ0v) is 12.1. The summed E-state index contributed by atoms with van der Waals surface area (Å²) in [5, 5.41) is 3.68. The highest BCUT2D eigenvalue weighted by molar-refractivity contribution is 5.31. The molecule has 19 heavy (non-hydrogen) atoms. The molecule has 1 aliphatic heterocycles. The molecule has 3 rings (SSSR count). The van der Waals surface area contributed by atoms with E-state index < -0.39 is 0 Å². The van der Waals surface area contributed by atoms with Crippen LogP contribution in [-0.2, 0) is 11.2 Å². The van der Waals surface area contributed by atoms with Crippen LogP contribution in [-0.4, -0.2) is 19.2 Å². The summed E-state index contributed by atoms with van der Waals surface area (Å²) in [6.07, 6.45) is 5.18. The molecule has 1 aromatic rings. The maximum Gasteiger partial charge on any atom is 0.0842 e. The molecule has 0 spiro atoms. The van der Waals surface area contributed by atoms with E-state index in [-0.39, 0.29) is 6.10 Å². The summed E-state index contributed by atoms with van der Waals surface area (Å²) in [4.78, 5) is 0. The molecule has 1 aromatic carbocycles. The molecule has 2 nitrogen and oxygen atoms in total. The van der Waals surface area contributed by atoms with Gasteiger partial charge >= 0.3 is 0 Å². The number of rotatable bonds is 5. The second-order valence-electron chi connectivity index (χ2n) is 6.31. The first kappa shape index (κ1) is 13.1. The topological polar surface area (TPSA) is 21.3 Å². The molecule has 0 radical (unpaired) electrons. The van der Waals surface area contributed by atoms with E-state index in [2.05, 4.69) is 43.4 Å². The normalized spacial score (nSPS) is 25.7. The molecule has 2 unspecified atom stereocenters. The van der Waals surface area contributed by atoms with Gasteiger partial charge in [0.1, 0.15) is 0 Å². The van der Waals surface area contributed by atoms with E-state index in [9.17, 15) is 0 Å². The van der Waals surface area contributed by atoms with Gasteiger partial charge in [0.15, 0.2) is 0 Å². The van der Waals surface area contributed by atoms with Crippen molar-refractivity contribution < 1.29 is 4.74 Å². The summed E-state index contributed by atoms with van der Waals surface area (Å²) in [5.74, 6) is 0. The quantitative estimate of drug-likeness (QED) is 0.874. The molecule has 2 aliphatic rings. The molecule has 1 aliphatic carbocycles. The van der Waals surface area contributed by atoms with Crippen molar-refractivity contribution in [3.05, 3.63) is 35.4 Å². The number of ether oxygens (including phenoxy) is 1. The van der Waals surface area contributed by atoms with Gasteiger partial charge in [-0.25, -0.2) is 0 Å². The van der Waals surface area contributed by atoms with Gasteiger partial charge < -0.3 is 10.1 Å². The maximum atomic E-state index is 6.06. The summed E-state index contributed by atoms with van der Waals surface area (Å²) in [6.45, 7) is 6.54. The van der Waals surface area contributed by atoms with E-state index in [0.717, 1.165) is 26.0 Å². The highest BCUT2D eigenvalue weighted by Gasteiger charge is 2.45. The van der Waals surface area contributed by atoms with Crippen LogP contribution < -0.4 is 5.32 Å².